The van der Waals surface area contributed by atoms with Crippen LogP contribution in [0.5, 0.6) is 0 Å². The first-order valence-electron chi connectivity index (χ1n) is 4.42. The van der Waals surface area contributed by atoms with Crippen molar-refractivity contribution in [1.29, 1.82) is 0 Å². The van der Waals surface area contributed by atoms with Gasteiger partial charge in [0.15, 0.2) is 0 Å². The van der Waals surface area contributed by atoms with Gasteiger partial charge in [-0.1, -0.05) is 17.7 Å². The quantitative estimate of drug-likeness (QED) is 0.711. The number of rotatable bonds is 1. The molecule has 1 aromatic carbocycles. The largest absolute Gasteiger partial charge is 0.407 e. The average molecular weight is 218 g/mol. The van der Waals surface area contributed by atoms with Gasteiger partial charge in [0.2, 0.25) is 0 Å². The van der Waals surface area contributed by atoms with Gasteiger partial charge in [-0.05, 0) is 19.4 Å². The molecule has 0 amide bonds. The monoisotopic (exact) mass is 218 g/mol. The molecule has 0 bridgehead atoms. The Kier molecular flexibility index (Phi) is 2.95. The number of nitrogens with two attached hydrogens (primary N) is 2. The maximum absolute atomic E-state index is 12.4. The molecule has 0 saturated carbocycles. The normalized spacial score (nSPS) is 14.0. The standard InChI is InChI=1S/C10H13F3N2/c1-5-3-6(2)8(14)7(4-5)9(15)10(11,12)13/h3-4,9H,14-15H2,1-2H3. The lowest BCUT2D eigenvalue weighted by molar-refractivity contribution is -0.149. The van der Waals surface area contributed by atoms with Crippen molar-refractivity contribution >= 4 is 5.69 Å². The highest BCUT2D eigenvalue weighted by Crippen LogP contribution is 2.34. The van der Waals surface area contributed by atoms with Crippen LogP contribution in [0, 0.1) is 13.8 Å². The lowest BCUT2D eigenvalue weighted by atomic mass is 9.99. The summed E-state index contributed by atoms with van der Waals surface area (Å²) in [6, 6.07) is 1.08. The second-order valence-electron chi connectivity index (χ2n) is 3.60. The first kappa shape index (κ1) is 11.8. The molecule has 0 aromatic heterocycles. The smallest absolute Gasteiger partial charge is 0.398 e. The SMILES string of the molecule is Cc1cc(C)c(N)c(C(N)C(F)(F)F)c1. The van der Waals surface area contributed by atoms with E-state index in [1.54, 1.807) is 19.9 Å². The first-order valence-corrected chi connectivity index (χ1v) is 4.42. The van der Waals surface area contributed by atoms with E-state index in [2.05, 4.69) is 0 Å². The third kappa shape index (κ3) is 2.41. The van der Waals surface area contributed by atoms with Crippen LogP contribution in [-0.4, -0.2) is 6.18 Å². The predicted molar refractivity (Wildman–Crippen MR) is 53.3 cm³/mol. The van der Waals surface area contributed by atoms with Gasteiger partial charge < -0.3 is 11.5 Å². The minimum absolute atomic E-state index is 0.0556. The Bertz CT molecular complexity index is 372. The highest BCUT2D eigenvalue weighted by atomic mass is 19.4. The van der Waals surface area contributed by atoms with Crippen molar-refractivity contribution in [3.05, 3.63) is 28.8 Å². The molecule has 4 N–H and O–H groups in total. The van der Waals surface area contributed by atoms with Crippen LogP contribution in [0.4, 0.5) is 18.9 Å². The number of nitrogen functional groups attached to an aromatic ring is 1. The molecule has 0 heterocycles. The number of alkyl halides is 3. The molecule has 1 aromatic rings. The number of halogens is 3. The number of hydrogen-bond acceptors (Lipinski definition) is 2. The van der Waals surface area contributed by atoms with Crippen LogP contribution in [0.1, 0.15) is 22.7 Å². The second kappa shape index (κ2) is 3.73. The molecule has 0 saturated heterocycles. The van der Waals surface area contributed by atoms with E-state index in [4.69, 9.17) is 11.5 Å². The molecule has 0 aliphatic heterocycles. The first-order chi connectivity index (χ1) is 6.73. The predicted octanol–water partition coefficient (Wildman–Crippen LogP) is 2.45. The Labute approximate surface area is 86.1 Å². The minimum atomic E-state index is -4.46. The second-order valence-corrected chi connectivity index (χ2v) is 3.60. The third-order valence-corrected chi connectivity index (χ3v) is 2.25. The fraction of sp³-hybridized carbons (Fsp3) is 0.400. The van der Waals surface area contributed by atoms with E-state index in [1.165, 1.54) is 6.07 Å². The molecule has 0 spiro atoms. The van der Waals surface area contributed by atoms with E-state index in [0.29, 0.717) is 5.56 Å². The summed E-state index contributed by atoms with van der Waals surface area (Å²) in [5.74, 6) is 0. The zero-order valence-corrected chi connectivity index (χ0v) is 8.52. The summed E-state index contributed by atoms with van der Waals surface area (Å²) in [6.07, 6.45) is -4.46. The van der Waals surface area contributed by atoms with Gasteiger partial charge in [-0.25, -0.2) is 0 Å². The summed E-state index contributed by atoms with van der Waals surface area (Å²) in [5, 5.41) is 0. The Morgan fingerprint density at radius 3 is 2.20 bits per heavy atom. The van der Waals surface area contributed by atoms with E-state index < -0.39 is 12.2 Å². The molecule has 1 atom stereocenters. The topological polar surface area (TPSA) is 52.0 Å². The fourth-order valence-electron chi connectivity index (χ4n) is 1.45. The van der Waals surface area contributed by atoms with Crippen molar-refractivity contribution in [2.75, 3.05) is 5.73 Å². The van der Waals surface area contributed by atoms with Crippen LogP contribution in [0.3, 0.4) is 0 Å². The lowest BCUT2D eigenvalue weighted by Gasteiger charge is -2.19. The van der Waals surface area contributed by atoms with Gasteiger partial charge >= 0.3 is 6.18 Å². The minimum Gasteiger partial charge on any atom is -0.398 e. The Morgan fingerprint density at radius 2 is 1.73 bits per heavy atom. The van der Waals surface area contributed by atoms with E-state index in [1.807, 2.05) is 0 Å². The molecule has 1 unspecified atom stereocenters. The summed E-state index contributed by atoms with van der Waals surface area (Å²) in [7, 11) is 0. The fourth-order valence-corrected chi connectivity index (χ4v) is 1.45. The summed E-state index contributed by atoms with van der Waals surface area (Å²) < 4.78 is 37.2. The van der Waals surface area contributed by atoms with Gasteiger partial charge in [-0.2, -0.15) is 13.2 Å². The van der Waals surface area contributed by atoms with Crippen LogP contribution in [-0.2, 0) is 0 Å². The highest BCUT2D eigenvalue weighted by Gasteiger charge is 2.39. The van der Waals surface area contributed by atoms with Crippen molar-refractivity contribution < 1.29 is 13.2 Å². The van der Waals surface area contributed by atoms with Gasteiger partial charge in [0.1, 0.15) is 6.04 Å². The highest BCUT2D eigenvalue weighted by molar-refractivity contribution is 5.56. The number of anilines is 1. The number of benzene rings is 1. The third-order valence-electron chi connectivity index (χ3n) is 2.25. The van der Waals surface area contributed by atoms with Gasteiger partial charge in [-0.3, -0.25) is 0 Å². The van der Waals surface area contributed by atoms with Crippen molar-refractivity contribution in [2.24, 2.45) is 5.73 Å². The van der Waals surface area contributed by atoms with E-state index in [0.717, 1.165) is 5.56 Å². The van der Waals surface area contributed by atoms with Crippen molar-refractivity contribution in [1.82, 2.24) is 0 Å². The number of aryl methyl sites for hydroxylation is 2. The Balaban J connectivity index is 3.25. The zero-order chi connectivity index (χ0) is 11.8. The summed E-state index contributed by atoms with van der Waals surface area (Å²) >= 11 is 0. The molecule has 15 heavy (non-hydrogen) atoms. The van der Waals surface area contributed by atoms with E-state index in [9.17, 15) is 13.2 Å². The average Bonchev–Trinajstić information content (AvgIpc) is 2.08. The zero-order valence-electron chi connectivity index (χ0n) is 8.52. The molecule has 0 aliphatic rings. The summed E-state index contributed by atoms with van der Waals surface area (Å²) in [4.78, 5) is 0. The van der Waals surface area contributed by atoms with Crippen LogP contribution in [0.15, 0.2) is 12.1 Å². The summed E-state index contributed by atoms with van der Waals surface area (Å²) in [5.41, 5.74) is 12.1. The van der Waals surface area contributed by atoms with Crippen LogP contribution in [0.2, 0.25) is 0 Å². The van der Waals surface area contributed by atoms with Crippen molar-refractivity contribution in [2.45, 2.75) is 26.1 Å². The molecule has 5 heteroatoms. The molecule has 1 rings (SSSR count). The lowest BCUT2D eigenvalue weighted by Crippen LogP contribution is -2.29. The molecule has 0 aliphatic carbocycles. The Morgan fingerprint density at radius 1 is 1.20 bits per heavy atom. The van der Waals surface area contributed by atoms with Gasteiger partial charge in [0.05, 0.1) is 0 Å². The molecule has 0 radical (unpaired) electrons. The van der Waals surface area contributed by atoms with Crippen LogP contribution < -0.4 is 11.5 Å². The van der Waals surface area contributed by atoms with Gasteiger partial charge in [0.25, 0.3) is 0 Å². The Hall–Kier alpha value is -1.23. The van der Waals surface area contributed by atoms with Crippen molar-refractivity contribution in [3.8, 4) is 0 Å². The van der Waals surface area contributed by atoms with E-state index >= 15 is 0 Å². The van der Waals surface area contributed by atoms with E-state index in [-0.39, 0.29) is 11.3 Å². The van der Waals surface area contributed by atoms with Gasteiger partial charge in [0, 0.05) is 11.3 Å². The van der Waals surface area contributed by atoms with Crippen LogP contribution >= 0.6 is 0 Å². The molecule has 2 nitrogen and oxygen atoms in total. The van der Waals surface area contributed by atoms with Crippen LogP contribution in [0.25, 0.3) is 0 Å². The number of hydrogen-bond donors (Lipinski definition) is 2. The maximum atomic E-state index is 12.4. The van der Waals surface area contributed by atoms with Crippen molar-refractivity contribution in [3.63, 3.8) is 0 Å². The molecule has 0 fully saturated rings. The maximum Gasteiger partial charge on any atom is 0.407 e. The van der Waals surface area contributed by atoms with Gasteiger partial charge in [-0.15, -0.1) is 0 Å². The summed E-state index contributed by atoms with van der Waals surface area (Å²) in [6.45, 7) is 3.37. The molecular formula is C10H13F3N2. The molecule has 84 valence electrons. The molecular weight excluding hydrogens is 205 g/mol.